The van der Waals surface area contributed by atoms with E-state index in [9.17, 15) is 14.0 Å². The largest absolute Gasteiger partial charge is 0.369 e. The van der Waals surface area contributed by atoms with Gasteiger partial charge in [0.25, 0.3) is 11.7 Å². The lowest BCUT2D eigenvalue weighted by molar-refractivity contribution is -0.112. The second kappa shape index (κ2) is 5.23. The summed E-state index contributed by atoms with van der Waals surface area (Å²) in [7, 11) is 0. The number of hydrogen-bond acceptors (Lipinski definition) is 3. The molecule has 0 saturated carbocycles. The molecule has 0 unspecified atom stereocenters. The van der Waals surface area contributed by atoms with Crippen LogP contribution in [0.5, 0.6) is 0 Å². The summed E-state index contributed by atoms with van der Waals surface area (Å²) >= 11 is 0. The van der Waals surface area contributed by atoms with Crippen molar-refractivity contribution in [2.24, 2.45) is 0 Å². The molecular formula is C15H17FN2O2. The summed E-state index contributed by atoms with van der Waals surface area (Å²) in [6.45, 7) is 1.63. The summed E-state index contributed by atoms with van der Waals surface area (Å²) in [6, 6.07) is 2.78. The first-order valence-corrected chi connectivity index (χ1v) is 7.11. The highest BCUT2D eigenvalue weighted by Gasteiger charge is 2.30. The zero-order valence-electron chi connectivity index (χ0n) is 11.2. The molecule has 0 aromatic heterocycles. The Morgan fingerprint density at radius 2 is 1.65 bits per heavy atom. The Hall–Kier alpha value is -1.91. The molecule has 2 aliphatic heterocycles. The topological polar surface area (TPSA) is 49.4 Å². The van der Waals surface area contributed by atoms with Crippen LogP contribution in [0.3, 0.4) is 0 Å². The van der Waals surface area contributed by atoms with Crippen LogP contribution in [0.15, 0.2) is 12.1 Å². The van der Waals surface area contributed by atoms with Crippen molar-refractivity contribution in [1.29, 1.82) is 0 Å². The SMILES string of the molecule is O=C1Nc2cc(N3CCCCCCC3)c(F)cc2C1=O. The third-order valence-electron chi connectivity index (χ3n) is 3.98. The number of carbonyl (C=O) groups is 2. The van der Waals surface area contributed by atoms with E-state index in [0.29, 0.717) is 11.4 Å². The van der Waals surface area contributed by atoms with Gasteiger partial charge in [-0.25, -0.2) is 4.39 Å². The van der Waals surface area contributed by atoms with Gasteiger partial charge in [0.15, 0.2) is 0 Å². The number of fused-ring (bicyclic) bond motifs is 1. The van der Waals surface area contributed by atoms with Crippen LogP contribution >= 0.6 is 0 Å². The van der Waals surface area contributed by atoms with Crippen molar-refractivity contribution in [3.63, 3.8) is 0 Å². The number of hydrogen-bond donors (Lipinski definition) is 1. The van der Waals surface area contributed by atoms with Gasteiger partial charge < -0.3 is 10.2 Å². The van der Waals surface area contributed by atoms with Crippen LogP contribution in [0.25, 0.3) is 0 Å². The van der Waals surface area contributed by atoms with E-state index in [0.717, 1.165) is 38.8 Å². The minimum atomic E-state index is -0.677. The van der Waals surface area contributed by atoms with Gasteiger partial charge in [-0.05, 0) is 25.0 Å². The molecule has 0 aliphatic carbocycles. The number of nitrogens with one attached hydrogen (secondary N) is 1. The van der Waals surface area contributed by atoms with Gasteiger partial charge >= 0.3 is 0 Å². The molecule has 0 radical (unpaired) electrons. The number of amides is 1. The third-order valence-corrected chi connectivity index (χ3v) is 3.98. The summed E-state index contributed by atoms with van der Waals surface area (Å²) in [5.41, 5.74) is 1.06. The molecule has 4 nitrogen and oxygen atoms in total. The molecule has 20 heavy (non-hydrogen) atoms. The zero-order chi connectivity index (χ0) is 14.1. The predicted molar refractivity (Wildman–Crippen MR) is 74.7 cm³/mol. The third kappa shape index (κ3) is 2.28. The van der Waals surface area contributed by atoms with E-state index >= 15 is 0 Å². The molecule has 1 aromatic carbocycles. The first-order chi connectivity index (χ1) is 9.66. The molecule has 1 N–H and O–H groups in total. The van der Waals surface area contributed by atoms with Crippen LogP contribution in [-0.4, -0.2) is 24.8 Å². The monoisotopic (exact) mass is 276 g/mol. The van der Waals surface area contributed by atoms with E-state index in [4.69, 9.17) is 0 Å². The minimum absolute atomic E-state index is 0.142. The standard InChI is InChI=1S/C15H17FN2O2/c16-11-8-10-12(17-15(20)14(10)19)9-13(11)18-6-4-2-1-3-5-7-18/h8-9H,1-7H2,(H,17,19,20). The summed E-state index contributed by atoms with van der Waals surface area (Å²) < 4.78 is 14.2. The van der Waals surface area contributed by atoms with Crippen molar-refractivity contribution < 1.29 is 14.0 Å². The number of nitrogens with zero attached hydrogens (tertiary/aromatic N) is 1. The Bertz CT molecular complexity index is 563. The first kappa shape index (κ1) is 13.1. The maximum Gasteiger partial charge on any atom is 0.296 e. The predicted octanol–water partition coefficient (Wildman–Crippen LogP) is 2.73. The lowest BCUT2D eigenvalue weighted by atomic mass is 10.1. The Labute approximate surface area is 117 Å². The molecule has 3 rings (SSSR count). The van der Waals surface area contributed by atoms with Gasteiger partial charge in [-0.2, -0.15) is 0 Å². The van der Waals surface area contributed by atoms with E-state index in [1.54, 1.807) is 6.07 Å². The van der Waals surface area contributed by atoms with Gasteiger partial charge in [0.2, 0.25) is 0 Å². The molecule has 1 aromatic rings. The molecule has 2 heterocycles. The van der Waals surface area contributed by atoms with Crippen molar-refractivity contribution in [2.75, 3.05) is 23.3 Å². The van der Waals surface area contributed by atoms with E-state index in [-0.39, 0.29) is 5.56 Å². The van der Waals surface area contributed by atoms with Gasteiger partial charge in [0, 0.05) is 13.1 Å². The van der Waals surface area contributed by atoms with Crippen LogP contribution in [-0.2, 0) is 4.79 Å². The molecule has 5 heteroatoms. The molecule has 0 atom stereocenters. The highest BCUT2D eigenvalue weighted by Crippen LogP contribution is 2.32. The highest BCUT2D eigenvalue weighted by molar-refractivity contribution is 6.51. The second-order valence-corrected chi connectivity index (χ2v) is 5.39. The smallest absolute Gasteiger partial charge is 0.296 e. The first-order valence-electron chi connectivity index (χ1n) is 7.11. The Morgan fingerprint density at radius 3 is 2.35 bits per heavy atom. The quantitative estimate of drug-likeness (QED) is 0.802. The van der Waals surface area contributed by atoms with Crippen LogP contribution in [0.2, 0.25) is 0 Å². The zero-order valence-corrected chi connectivity index (χ0v) is 11.2. The fourth-order valence-electron chi connectivity index (χ4n) is 2.89. The van der Waals surface area contributed by atoms with Crippen LogP contribution in [0.4, 0.5) is 15.8 Å². The molecule has 0 bridgehead atoms. The molecular weight excluding hydrogens is 259 g/mol. The second-order valence-electron chi connectivity index (χ2n) is 5.39. The van der Waals surface area contributed by atoms with Crippen LogP contribution < -0.4 is 10.2 Å². The van der Waals surface area contributed by atoms with Gasteiger partial charge in [-0.3, -0.25) is 9.59 Å². The molecule has 2 aliphatic rings. The Morgan fingerprint density at radius 1 is 1.00 bits per heavy atom. The normalized spacial score (nSPS) is 19.4. The number of ketones is 1. The van der Waals surface area contributed by atoms with E-state index < -0.39 is 17.5 Å². The van der Waals surface area contributed by atoms with Crippen molar-refractivity contribution >= 4 is 23.1 Å². The van der Waals surface area contributed by atoms with E-state index in [1.807, 2.05) is 4.90 Å². The van der Waals surface area contributed by atoms with Crippen LogP contribution in [0.1, 0.15) is 42.5 Å². The number of carbonyl (C=O) groups excluding carboxylic acids is 2. The van der Waals surface area contributed by atoms with Gasteiger partial charge in [0.1, 0.15) is 5.82 Å². The highest BCUT2D eigenvalue weighted by atomic mass is 19.1. The number of halogens is 1. The Kier molecular flexibility index (Phi) is 3.42. The van der Waals surface area contributed by atoms with Gasteiger partial charge in [-0.15, -0.1) is 0 Å². The molecule has 0 spiro atoms. The van der Waals surface area contributed by atoms with E-state index in [1.165, 1.54) is 12.5 Å². The van der Waals surface area contributed by atoms with Gasteiger partial charge in [0.05, 0.1) is 16.9 Å². The minimum Gasteiger partial charge on any atom is -0.369 e. The fourth-order valence-corrected chi connectivity index (χ4v) is 2.89. The van der Waals surface area contributed by atoms with Crippen molar-refractivity contribution in [2.45, 2.75) is 32.1 Å². The van der Waals surface area contributed by atoms with Crippen molar-refractivity contribution in [3.05, 3.63) is 23.5 Å². The maximum atomic E-state index is 14.2. The molecule has 1 saturated heterocycles. The molecule has 106 valence electrons. The summed E-state index contributed by atoms with van der Waals surface area (Å²) in [5.74, 6) is -1.75. The molecule has 1 fully saturated rings. The summed E-state index contributed by atoms with van der Waals surface area (Å²) in [4.78, 5) is 24.9. The number of rotatable bonds is 1. The average Bonchev–Trinajstić information content (AvgIpc) is 2.65. The summed E-state index contributed by atoms with van der Waals surface area (Å²) in [6.07, 6.45) is 5.66. The number of benzene rings is 1. The number of anilines is 2. The maximum absolute atomic E-state index is 14.2. The molecule has 1 amide bonds. The number of Topliss-reactive ketones (excluding diaryl/α,β-unsaturated/α-hetero) is 1. The van der Waals surface area contributed by atoms with Gasteiger partial charge in [-0.1, -0.05) is 19.3 Å². The van der Waals surface area contributed by atoms with Crippen molar-refractivity contribution in [3.8, 4) is 0 Å². The summed E-state index contributed by atoms with van der Waals surface area (Å²) in [5, 5.41) is 2.50. The van der Waals surface area contributed by atoms with Crippen molar-refractivity contribution in [1.82, 2.24) is 0 Å². The van der Waals surface area contributed by atoms with Crippen LogP contribution in [0, 0.1) is 5.82 Å². The lowest BCUT2D eigenvalue weighted by Crippen LogP contribution is -2.27. The Balaban J connectivity index is 1.92. The fraction of sp³-hybridized carbons (Fsp3) is 0.467. The lowest BCUT2D eigenvalue weighted by Gasteiger charge is -2.27. The van der Waals surface area contributed by atoms with E-state index in [2.05, 4.69) is 5.32 Å². The average molecular weight is 276 g/mol.